The molecule has 10 heteroatoms. The molecule has 5 atom stereocenters. The Balaban J connectivity index is 1.46. The molecule has 33 heavy (non-hydrogen) atoms. The second kappa shape index (κ2) is 8.42. The Morgan fingerprint density at radius 3 is 2.82 bits per heavy atom. The Bertz CT molecular complexity index is 1130. The third-order valence-corrected chi connectivity index (χ3v) is 6.75. The van der Waals surface area contributed by atoms with Crippen LogP contribution < -0.4 is 5.32 Å². The van der Waals surface area contributed by atoms with Crippen molar-refractivity contribution in [2.45, 2.75) is 63.2 Å². The van der Waals surface area contributed by atoms with E-state index in [1.807, 2.05) is 0 Å². The van der Waals surface area contributed by atoms with Gasteiger partial charge in [0.1, 0.15) is 29.8 Å². The number of carbonyl (C=O) groups is 1. The number of rotatable bonds is 4. The maximum Gasteiger partial charge on any atom is 0.273 e. The first-order valence-corrected chi connectivity index (χ1v) is 11.1. The van der Waals surface area contributed by atoms with Gasteiger partial charge >= 0.3 is 0 Å². The van der Waals surface area contributed by atoms with Gasteiger partial charge in [-0.25, -0.2) is 18.7 Å². The number of aliphatic hydroxyl groups excluding tert-OH is 2. The molecule has 0 spiro atoms. The van der Waals surface area contributed by atoms with E-state index in [1.165, 1.54) is 11.2 Å². The standard InChI is InChI=1S/C23H25F2N5O3/c1-11-3-2-4-13(19(11)25)16-7-12(24)9-30(16)23(33)20-18-15(8-26-20)27-10-28-22(18)29-14-5-6-17(31)21(14)32/h2-4,10,12,14,16-17,21,31-32H,5-9H2,1H3,(H,27,28,29)/t12-,14+,16+,17+,21-/m0/s1. The number of fused-ring (bicyclic) bond motifs is 1. The molecule has 0 bridgehead atoms. The average Bonchev–Trinajstić information content (AvgIpc) is 3.49. The maximum absolute atomic E-state index is 14.8. The summed E-state index contributed by atoms with van der Waals surface area (Å²) in [5.41, 5.74) is 1.75. The van der Waals surface area contributed by atoms with Gasteiger partial charge in [-0.1, -0.05) is 18.2 Å². The van der Waals surface area contributed by atoms with E-state index < -0.39 is 42.2 Å². The number of halogens is 2. The summed E-state index contributed by atoms with van der Waals surface area (Å²) in [6.45, 7) is 1.64. The normalized spacial score (nSPS) is 28.7. The zero-order chi connectivity index (χ0) is 23.3. The summed E-state index contributed by atoms with van der Waals surface area (Å²) in [6, 6.07) is 3.73. The number of aliphatic imine (C=N–C) groups is 1. The molecule has 5 rings (SSSR count). The van der Waals surface area contributed by atoms with E-state index in [0.717, 1.165) is 0 Å². The lowest BCUT2D eigenvalue weighted by molar-refractivity contribution is -0.125. The lowest BCUT2D eigenvalue weighted by Crippen LogP contribution is -2.38. The van der Waals surface area contributed by atoms with Crippen LogP contribution in [0.1, 0.15) is 47.7 Å². The zero-order valence-corrected chi connectivity index (χ0v) is 18.1. The lowest BCUT2D eigenvalue weighted by atomic mass is 10.00. The number of nitrogens with one attached hydrogen (secondary N) is 1. The lowest BCUT2D eigenvalue weighted by Gasteiger charge is -2.26. The summed E-state index contributed by atoms with van der Waals surface area (Å²) in [4.78, 5) is 27.7. The van der Waals surface area contributed by atoms with E-state index >= 15 is 0 Å². The first-order chi connectivity index (χ1) is 15.8. The van der Waals surface area contributed by atoms with E-state index in [0.29, 0.717) is 35.5 Å². The van der Waals surface area contributed by atoms with Crippen molar-refractivity contribution < 1.29 is 23.8 Å². The van der Waals surface area contributed by atoms with Gasteiger partial charge in [0.15, 0.2) is 0 Å². The van der Waals surface area contributed by atoms with Crippen molar-refractivity contribution in [3.8, 4) is 0 Å². The first kappa shape index (κ1) is 21.8. The number of likely N-dealkylation sites (tertiary alicyclic amines) is 1. The highest BCUT2D eigenvalue weighted by Gasteiger charge is 2.42. The molecule has 3 aliphatic rings. The van der Waals surface area contributed by atoms with Crippen LogP contribution in [0, 0.1) is 12.7 Å². The summed E-state index contributed by atoms with van der Waals surface area (Å²) >= 11 is 0. The quantitative estimate of drug-likeness (QED) is 0.646. The second-order valence-electron chi connectivity index (χ2n) is 8.88. The van der Waals surface area contributed by atoms with E-state index in [9.17, 15) is 23.8 Å². The fourth-order valence-electron chi connectivity index (χ4n) is 4.97. The zero-order valence-electron chi connectivity index (χ0n) is 18.1. The molecule has 1 amide bonds. The molecule has 2 aliphatic heterocycles. The molecule has 3 N–H and O–H groups in total. The Morgan fingerprint density at radius 2 is 2.06 bits per heavy atom. The maximum atomic E-state index is 14.8. The van der Waals surface area contributed by atoms with Crippen LogP contribution in [0.3, 0.4) is 0 Å². The van der Waals surface area contributed by atoms with Crippen molar-refractivity contribution >= 4 is 17.4 Å². The highest BCUT2D eigenvalue weighted by atomic mass is 19.1. The third-order valence-electron chi connectivity index (χ3n) is 6.75. The molecule has 174 valence electrons. The van der Waals surface area contributed by atoms with Crippen LogP contribution >= 0.6 is 0 Å². The predicted octanol–water partition coefficient (Wildman–Crippen LogP) is 1.83. The summed E-state index contributed by atoms with van der Waals surface area (Å²) in [5.74, 6) is -0.621. The SMILES string of the molecule is Cc1cccc([C@H]2C[C@H](F)CN2C(=O)C2=NCc3ncnc(N[C@@H]4CC[C@@H](O)[C@H]4O)c32)c1F. The summed E-state index contributed by atoms with van der Waals surface area (Å²) in [5, 5.41) is 23.2. The molecule has 2 aromatic rings. The molecule has 0 unspecified atom stereocenters. The molecule has 1 aliphatic carbocycles. The van der Waals surface area contributed by atoms with Crippen LogP contribution in [-0.2, 0) is 11.3 Å². The Morgan fingerprint density at radius 1 is 1.24 bits per heavy atom. The summed E-state index contributed by atoms with van der Waals surface area (Å²) in [6.07, 6.45) is -0.738. The molecule has 0 radical (unpaired) electrons. The van der Waals surface area contributed by atoms with Crippen molar-refractivity contribution in [2.75, 3.05) is 11.9 Å². The Hall–Kier alpha value is -2.98. The van der Waals surface area contributed by atoms with Gasteiger partial charge in [-0.2, -0.15) is 0 Å². The molecular formula is C23H25F2N5O3. The fraction of sp³-hybridized carbons (Fsp3) is 0.478. The highest BCUT2D eigenvalue weighted by Crippen LogP contribution is 2.37. The van der Waals surface area contributed by atoms with Gasteiger partial charge in [0, 0.05) is 12.0 Å². The number of aliphatic hydroxyl groups is 2. The smallest absolute Gasteiger partial charge is 0.273 e. The Kier molecular flexibility index (Phi) is 5.57. The second-order valence-corrected chi connectivity index (χ2v) is 8.88. The van der Waals surface area contributed by atoms with E-state index in [1.54, 1.807) is 25.1 Å². The minimum Gasteiger partial charge on any atom is -0.390 e. The van der Waals surface area contributed by atoms with Gasteiger partial charge in [0.25, 0.3) is 5.91 Å². The van der Waals surface area contributed by atoms with Gasteiger partial charge in [-0.3, -0.25) is 9.79 Å². The van der Waals surface area contributed by atoms with Crippen LogP contribution in [0.25, 0.3) is 0 Å². The number of benzene rings is 1. The number of anilines is 1. The number of nitrogens with zero attached hydrogens (tertiary/aromatic N) is 4. The minimum absolute atomic E-state index is 0.00873. The van der Waals surface area contributed by atoms with Gasteiger partial charge in [0.05, 0.1) is 48.6 Å². The molecule has 1 saturated heterocycles. The molecule has 1 aromatic carbocycles. The number of alkyl halides is 1. The number of hydrogen-bond donors (Lipinski definition) is 3. The number of aryl methyl sites for hydroxylation is 1. The molecule has 1 aromatic heterocycles. The third kappa shape index (κ3) is 3.76. The number of amides is 1. The molecule has 8 nitrogen and oxygen atoms in total. The summed E-state index contributed by atoms with van der Waals surface area (Å²) in [7, 11) is 0. The van der Waals surface area contributed by atoms with E-state index in [4.69, 9.17) is 0 Å². The topological polar surface area (TPSA) is 111 Å². The number of carbonyl (C=O) groups excluding carboxylic acids is 1. The van der Waals surface area contributed by atoms with Crippen molar-refractivity contribution in [1.29, 1.82) is 0 Å². The minimum atomic E-state index is -1.28. The average molecular weight is 457 g/mol. The molecule has 2 fully saturated rings. The number of aromatic nitrogens is 2. The Labute approximate surface area is 189 Å². The molecule has 3 heterocycles. The van der Waals surface area contributed by atoms with Gasteiger partial charge in [-0.05, 0) is 25.3 Å². The van der Waals surface area contributed by atoms with E-state index in [2.05, 4.69) is 20.3 Å². The van der Waals surface area contributed by atoms with Crippen LogP contribution in [0.2, 0.25) is 0 Å². The van der Waals surface area contributed by atoms with Crippen LogP contribution in [0.4, 0.5) is 14.6 Å². The molecule has 1 saturated carbocycles. The highest BCUT2D eigenvalue weighted by molar-refractivity contribution is 6.47. The summed E-state index contributed by atoms with van der Waals surface area (Å²) < 4.78 is 29.3. The fourth-order valence-corrected chi connectivity index (χ4v) is 4.97. The number of hydrogen-bond acceptors (Lipinski definition) is 7. The predicted molar refractivity (Wildman–Crippen MR) is 116 cm³/mol. The monoisotopic (exact) mass is 457 g/mol. The molecular weight excluding hydrogens is 432 g/mol. The van der Waals surface area contributed by atoms with Gasteiger partial charge in [-0.15, -0.1) is 0 Å². The van der Waals surface area contributed by atoms with Crippen molar-refractivity contribution in [1.82, 2.24) is 14.9 Å². The van der Waals surface area contributed by atoms with Crippen LogP contribution in [0.15, 0.2) is 29.5 Å². The van der Waals surface area contributed by atoms with Crippen molar-refractivity contribution in [3.05, 3.63) is 52.7 Å². The van der Waals surface area contributed by atoms with Crippen molar-refractivity contribution in [2.24, 2.45) is 4.99 Å². The van der Waals surface area contributed by atoms with Crippen molar-refractivity contribution in [3.63, 3.8) is 0 Å². The van der Waals surface area contributed by atoms with E-state index in [-0.39, 0.29) is 30.8 Å². The largest absolute Gasteiger partial charge is 0.390 e. The van der Waals surface area contributed by atoms with Gasteiger partial charge in [0.2, 0.25) is 0 Å². The van der Waals surface area contributed by atoms with Gasteiger partial charge < -0.3 is 20.4 Å². The van der Waals surface area contributed by atoms with Crippen LogP contribution in [0.5, 0.6) is 0 Å². The van der Waals surface area contributed by atoms with Crippen LogP contribution in [-0.4, -0.2) is 67.7 Å². The first-order valence-electron chi connectivity index (χ1n) is 11.1.